The van der Waals surface area contributed by atoms with Crippen LogP contribution in [0.2, 0.25) is 0 Å². The van der Waals surface area contributed by atoms with E-state index < -0.39 is 17.9 Å². The molecule has 0 rings (SSSR count). The SMILES string of the molecule is C=C[C@H](/C=C/C)OC(=O)OC(C)(C)C. The Balaban J connectivity index is 4.10. The minimum absolute atomic E-state index is 0.421. The molecule has 0 aliphatic rings. The van der Waals surface area contributed by atoms with Crippen LogP contribution in [0.25, 0.3) is 0 Å². The highest BCUT2D eigenvalue weighted by atomic mass is 16.7. The molecule has 1 atom stereocenters. The molecule has 0 N–H and O–H groups in total. The summed E-state index contributed by atoms with van der Waals surface area (Å²) in [7, 11) is 0. The molecule has 0 aromatic rings. The molecule has 3 heteroatoms. The van der Waals surface area contributed by atoms with E-state index in [2.05, 4.69) is 6.58 Å². The molecule has 0 aliphatic carbocycles. The van der Waals surface area contributed by atoms with E-state index in [0.717, 1.165) is 0 Å². The van der Waals surface area contributed by atoms with Crippen LogP contribution in [0.1, 0.15) is 27.7 Å². The maximum atomic E-state index is 11.2. The van der Waals surface area contributed by atoms with Crippen LogP contribution < -0.4 is 0 Å². The fourth-order valence-corrected chi connectivity index (χ4v) is 0.741. The maximum Gasteiger partial charge on any atom is 0.509 e. The third-order valence-corrected chi connectivity index (χ3v) is 1.24. The van der Waals surface area contributed by atoms with Gasteiger partial charge >= 0.3 is 6.16 Å². The van der Waals surface area contributed by atoms with Crippen LogP contribution >= 0.6 is 0 Å². The number of allylic oxidation sites excluding steroid dienone is 1. The van der Waals surface area contributed by atoms with Gasteiger partial charge in [-0.3, -0.25) is 0 Å². The molecule has 0 aromatic heterocycles. The second kappa shape index (κ2) is 5.47. The Kier molecular flexibility index (Phi) is 4.99. The van der Waals surface area contributed by atoms with Crippen LogP contribution in [0.15, 0.2) is 24.8 Å². The summed E-state index contributed by atoms with van der Waals surface area (Å²) in [6.45, 7) is 10.7. The van der Waals surface area contributed by atoms with Crippen LogP contribution in [0.4, 0.5) is 4.79 Å². The van der Waals surface area contributed by atoms with Crippen molar-refractivity contribution in [2.45, 2.75) is 39.4 Å². The van der Waals surface area contributed by atoms with Crippen LogP contribution in [-0.2, 0) is 9.47 Å². The summed E-state index contributed by atoms with van der Waals surface area (Å²) >= 11 is 0. The lowest BCUT2D eigenvalue weighted by Crippen LogP contribution is -2.26. The number of carbonyl (C=O) groups excluding carboxylic acids is 1. The van der Waals surface area contributed by atoms with Crippen molar-refractivity contribution < 1.29 is 14.3 Å². The van der Waals surface area contributed by atoms with E-state index in [9.17, 15) is 4.79 Å². The normalized spacial score (nSPS) is 13.7. The van der Waals surface area contributed by atoms with Crippen molar-refractivity contribution in [3.05, 3.63) is 24.8 Å². The average Bonchev–Trinajstić information content (AvgIpc) is 2.00. The van der Waals surface area contributed by atoms with Gasteiger partial charge in [-0.15, -0.1) is 0 Å². The number of hydrogen-bond donors (Lipinski definition) is 0. The number of carbonyl (C=O) groups is 1. The van der Waals surface area contributed by atoms with Gasteiger partial charge in [0.1, 0.15) is 11.7 Å². The molecule has 0 saturated carbocycles. The van der Waals surface area contributed by atoms with Gasteiger partial charge in [0.15, 0.2) is 0 Å². The van der Waals surface area contributed by atoms with Crippen molar-refractivity contribution in [2.24, 2.45) is 0 Å². The Morgan fingerprint density at radius 1 is 1.43 bits per heavy atom. The predicted octanol–water partition coefficient (Wildman–Crippen LogP) is 3.07. The first-order valence-electron chi connectivity index (χ1n) is 4.54. The topological polar surface area (TPSA) is 35.5 Å². The van der Waals surface area contributed by atoms with E-state index >= 15 is 0 Å². The smallest absolute Gasteiger partial charge is 0.429 e. The Labute approximate surface area is 85.4 Å². The summed E-state index contributed by atoms with van der Waals surface area (Å²) in [5, 5.41) is 0. The van der Waals surface area contributed by atoms with Gasteiger partial charge < -0.3 is 9.47 Å². The molecule has 0 heterocycles. The van der Waals surface area contributed by atoms with Crippen molar-refractivity contribution in [3.63, 3.8) is 0 Å². The Morgan fingerprint density at radius 2 is 2.00 bits per heavy atom. The lowest BCUT2D eigenvalue weighted by molar-refractivity contribution is -0.0116. The third kappa shape index (κ3) is 6.29. The summed E-state index contributed by atoms with van der Waals surface area (Å²) in [4.78, 5) is 11.2. The van der Waals surface area contributed by atoms with Crippen molar-refractivity contribution in [3.8, 4) is 0 Å². The molecule has 0 bridgehead atoms. The molecule has 0 radical (unpaired) electrons. The number of hydrogen-bond acceptors (Lipinski definition) is 3. The highest BCUT2D eigenvalue weighted by Crippen LogP contribution is 2.09. The molecule has 0 fully saturated rings. The minimum Gasteiger partial charge on any atom is -0.429 e. The Bertz CT molecular complexity index is 223. The van der Waals surface area contributed by atoms with E-state index in [1.807, 2.05) is 6.92 Å². The molecule has 0 aliphatic heterocycles. The molecular weight excluding hydrogens is 180 g/mol. The monoisotopic (exact) mass is 198 g/mol. The molecule has 3 nitrogen and oxygen atoms in total. The summed E-state index contributed by atoms with van der Waals surface area (Å²) in [6.07, 6.45) is 3.94. The van der Waals surface area contributed by atoms with E-state index in [0.29, 0.717) is 0 Å². The molecule has 0 saturated heterocycles. The predicted molar refractivity (Wildman–Crippen MR) is 56.1 cm³/mol. The van der Waals surface area contributed by atoms with Crippen LogP contribution in [0, 0.1) is 0 Å². The first-order chi connectivity index (χ1) is 6.39. The zero-order valence-corrected chi connectivity index (χ0v) is 9.24. The fourth-order valence-electron chi connectivity index (χ4n) is 0.741. The van der Waals surface area contributed by atoms with Crippen LogP contribution in [0.5, 0.6) is 0 Å². The second-order valence-electron chi connectivity index (χ2n) is 3.81. The van der Waals surface area contributed by atoms with E-state index in [1.54, 1.807) is 32.9 Å². The molecule has 0 unspecified atom stereocenters. The van der Waals surface area contributed by atoms with Gasteiger partial charge in [0.05, 0.1) is 0 Å². The van der Waals surface area contributed by atoms with Crippen molar-refractivity contribution >= 4 is 6.16 Å². The lowest BCUT2D eigenvalue weighted by atomic mass is 10.2. The van der Waals surface area contributed by atoms with Gasteiger partial charge in [-0.25, -0.2) is 4.79 Å². The molecule has 0 amide bonds. The van der Waals surface area contributed by atoms with Crippen molar-refractivity contribution in [1.29, 1.82) is 0 Å². The summed E-state index contributed by atoms with van der Waals surface area (Å²) < 4.78 is 9.92. The van der Waals surface area contributed by atoms with E-state index in [4.69, 9.17) is 9.47 Å². The van der Waals surface area contributed by atoms with Gasteiger partial charge in [0, 0.05) is 0 Å². The number of ether oxygens (including phenoxy) is 2. The number of rotatable bonds is 3. The summed E-state index contributed by atoms with van der Waals surface area (Å²) in [5.41, 5.74) is -0.529. The molecule has 14 heavy (non-hydrogen) atoms. The standard InChI is InChI=1S/C11H18O3/c1-6-8-9(7-2)13-10(12)14-11(3,4)5/h6-9H,2H2,1,3-5H3/b8-6+/t9-/m1/s1. The highest BCUT2D eigenvalue weighted by Gasteiger charge is 2.18. The summed E-state index contributed by atoms with van der Waals surface area (Å²) in [6, 6.07) is 0. The largest absolute Gasteiger partial charge is 0.509 e. The van der Waals surface area contributed by atoms with Crippen LogP contribution in [0.3, 0.4) is 0 Å². The molecule has 80 valence electrons. The Morgan fingerprint density at radius 3 is 2.36 bits per heavy atom. The lowest BCUT2D eigenvalue weighted by Gasteiger charge is -2.20. The molecule has 0 spiro atoms. The van der Waals surface area contributed by atoms with Gasteiger partial charge in [0.2, 0.25) is 0 Å². The van der Waals surface area contributed by atoms with E-state index in [1.165, 1.54) is 6.08 Å². The summed E-state index contributed by atoms with van der Waals surface area (Å²) in [5.74, 6) is 0. The highest BCUT2D eigenvalue weighted by molar-refractivity contribution is 5.61. The molecule has 0 aromatic carbocycles. The Hall–Kier alpha value is -1.25. The van der Waals surface area contributed by atoms with Crippen molar-refractivity contribution in [1.82, 2.24) is 0 Å². The first kappa shape index (κ1) is 12.8. The zero-order chi connectivity index (χ0) is 11.2. The first-order valence-corrected chi connectivity index (χ1v) is 4.54. The van der Waals surface area contributed by atoms with Gasteiger partial charge in [-0.1, -0.05) is 12.7 Å². The van der Waals surface area contributed by atoms with E-state index in [-0.39, 0.29) is 0 Å². The third-order valence-electron chi connectivity index (χ3n) is 1.24. The minimum atomic E-state index is -0.680. The van der Waals surface area contributed by atoms with Crippen molar-refractivity contribution in [2.75, 3.05) is 0 Å². The quantitative estimate of drug-likeness (QED) is 0.516. The fraction of sp³-hybridized carbons (Fsp3) is 0.545. The second-order valence-corrected chi connectivity index (χ2v) is 3.81. The van der Waals surface area contributed by atoms with Gasteiger partial charge in [-0.05, 0) is 39.8 Å². The van der Waals surface area contributed by atoms with Crippen LogP contribution in [-0.4, -0.2) is 17.9 Å². The van der Waals surface area contributed by atoms with Gasteiger partial charge in [0.25, 0.3) is 0 Å². The maximum absolute atomic E-state index is 11.2. The average molecular weight is 198 g/mol. The molecular formula is C11H18O3. The zero-order valence-electron chi connectivity index (χ0n) is 9.24. The van der Waals surface area contributed by atoms with Gasteiger partial charge in [-0.2, -0.15) is 0 Å².